The first-order valence-electron chi connectivity index (χ1n) is 9.49. The summed E-state index contributed by atoms with van der Waals surface area (Å²) in [6, 6.07) is 23.7. The second kappa shape index (κ2) is 7.57. The minimum absolute atomic E-state index is 0.622. The van der Waals surface area contributed by atoms with Gasteiger partial charge in [-0.25, -0.2) is 0 Å². The molecule has 0 aromatic heterocycles. The van der Waals surface area contributed by atoms with Crippen LogP contribution in [0.3, 0.4) is 0 Å². The molecule has 0 saturated heterocycles. The third kappa shape index (κ3) is 3.57. The van der Waals surface area contributed by atoms with Crippen LogP contribution in [0.25, 0.3) is 0 Å². The molecule has 1 unspecified atom stereocenters. The smallest absolute Gasteiger partial charge is 0.0632 e. The van der Waals surface area contributed by atoms with E-state index in [0.29, 0.717) is 11.8 Å². The highest BCUT2D eigenvalue weighted by molar-refractivity contribution is 6.85. The minimum atomic E-state index is -1.24. The zero-order valence-electron chi connectivity index (χ0n) is 16.2. The molecule has 0 bridgehead atoms. The Kier molecular flexibility index (Phi) is 5.44. The first-order valence-corrected chi connectivity index (χ1v) is 11.5. The number of rotatable bonds is 5. The predicted octanol–water partition coefficient (Wildman–Crippen LogP) is 4.97. The lowest BCUT2D eigenvalue weighted by atomic mass is 9.89. The van der Waals surface area contributed by atoms with Crippen LogP contribution >= 0.6 is 0 Å². The van der Waals surface area contributed by atoms with Crippen LogP contribution in [0.5, 0.6) is 0 Å². The van der Waals surface area contributed by atoms with E-state index in [0.717, 1.165) is 0 Å². The van der Waals surface area contributed by atoms with Crippen LogP contribution < -0.4 is 10.4 Å². The lowest BCUT2D eigenvalue weighted by Crippen LogP contribution is -2.43. The monoisotopic (exact) mass is 346 g/mol. The Morgan fingerprint density at radius 2 is 1.24 bits per heavy atom. The topological polar surface area (TPSA) is 0 Å². The Labute approximate surface area is 154 Å². The second-order valence-corrected chi connectivity index (χ2v) is 10.6. The Hall–Kier alpha value is -1.86. The Morgan fingerprint density at radius 1 is 0.760 bits per heavy atom. The van der Waals surface area contributed by atoms with Crippen LogP contribution in [-0.4, -0.2) is 8.80 Å². The second-order valence-electron chi connectivity index (χ2n) is 7.71. The summed E-state index contributed by atoms with van der Waals surface area (Å²) in [5, 5.41) is 3.12. The van der Waals surface area contributed by atoms with Crippen LogP contribution in [0.15, 0.2) is 83.0 Å². The molecule has 0 fully saturated rings. The summed E-state index contributed by atoms with van der Waals surface area (Å²) in [7, 11) is -1.24. The molecule has 1 aliphatic rings. The van der Waals surface area contributed by atoms with Crippen molar-refractivity contribution in [3.05, 3.63) is 83.0 Å². The number of hydrogen-bond acceptors (Lipinski definition) is 0. The van der Waals surface area contributed by atoms with Crippen LogP contribution in [0, 0.1) is 11.8 Å². The van der Waals surface area contributed by atoms with Gasteiger partial charge in [0.25, 0.3) is 0 Å². The zero-order valence-corrected chi connectivity index (χ0v) is 17.4. The number of allylic oxidation sites excluding steroid dienone is 4. The summed E-state index contributed by atoms with van der Waals surface area (Å²) in [5.41, 5.74) is 6.36. The molecule has 2 aromatic rings. The number of hydrogen-bond donors (Lipinski definition) is 0. The third-order valence-corrected chi connectivity index (χ3v) is 9.30. The van der Waals surface area contributed by atoms with Gasteiger partial charge in [0.1, 0.15) is 8.80 Å². The van der Waals surface area contributed by atoms with E-state index >= 15 is 0 Å². The van der Waals surface area contributed by atoms with Gasteiger partial charge < -0.3 is 0 Å². The lowest BCUT2D eigenvalue weighted by molar-refractivity contribution is 0.648. The maximum atomic E-state index is 2.36. The molecular formula is C24H30Si. The van der Waals surface area contributed by atoms with E-state index in [2.05, 4.69) is 95.3 Å². The molecule has 0 heterocycles. The highest BCUT2D eigenvalue weighted by atomic mass is 28.3. The fourth-order valence-electron chi connectivity index (χ4n) is 4.48. The molecule has 0 nitrogen and oxygen atoms in total. The van der Waals surface area contributed by atoms with E-state index in [1.54, 1.807) is 27.1 Å². The summed E-state index contributed by atoms with van der Waals surface area (Å²) in [6.45, 7) is 11.7. The summed E-state index contributed by atoms with van der Waals surface area (Å²) >= 11 is 0. The molecular weight excluding hydrogens is 316 g/mol. The van der Waals surface area contributed by atoms with Gasteiger partial charge in [-0.15, -0.1) is 0 Å². The van der Waals surface area contributed by atoms with Crippen molar-refractivity contribution in [3.8, 4) is 0 Å². The predicted molar refractivity (Wildman–Crippen MR) is 114 cm³/mol. The van der Waals surface area contributed by atoms with Crippen LogP contribution in [0.4, 0.5) is 0 Å². The van der Waals surface area contributed by atoms with Crippen molar-refractivity contribution in [1.82, 2.24) is 0 Å². The van der Waals surface area contributed by atoms with Gasteiger partial charge in [0.05, 0.1) is 0 Å². The van der Waals surface area contributed by atoms with Crippen molar-refractivity contribution in [2.75, 3.05) is 0 Å². The van der Waals surface area contributed by atoms with Gasteiger partial charge >= 0.3 is 0 Å². The maximum absolute atomic E-state index is 2.36. The van der Waals surface area contributed by atoms with Gasteiger partial charge in [-0.2, -0.15) is 0 Å². The van der Waals surface area contributed by atoms with Crippen LogP contribution in [-0.2, 0) is 0 Å². The number of benzene rings is 2. The van der Waals surface area contributed by atoms with Crippen LogP contribution in [0.2, 0.25) is 6.04 Å². The van der Waals surface area contributed by atoms with E-state index < -0.39 is 8.80 Å². The van der Waals surface area contributed by atoms with Gasteiger partial charge in [0.15, 0.2) is 0 Å². The molecule has 0 N–H and O–H groups in total. The molecule has 0 spiro atoms. The van der Waals surface area contributed by atoms with Crippen molar-refractivity contribution in [2.45, 2.75) is 40.7 Å². The Morgan fingerprint density at radius 3 is 1.68 bits per heavy atom. The maximum Gasteiger partial charge on any atom is 0.104 e. The summed E-state index contributed by atoms with van der Waals surface area (Å²) in [5.74, 6) is 1.25. The third-order valence-electron chi connectivity index (χ3n) is 5.98. The molecule has 0 aliphatic heterocycles. The molecule has 1 heteroatoms. The highest BCUT2D eigenvalue weighted by Gasteiger charge is 2.32. The largest absolute Gasteiger partial charge is 0.104 e. The summed E-state index contributed by atoms with van der Waals surface area (Å²) in [6.07, 6.45) is 0. The van der Waals surface area contributed by atoms with Crippen molar-refractivity contribution in [2.24, 2.45) is 11.8 Å². The molecule has 0 radical (unpaired) electrons. The molecule has 0 amide bonds. The highest BCUT2D eigenvalue weighted by Crippen LogP contribution is 2.43. The Balaban J connectivity index is 2.02. The van der Waals surface area contributed by atoms with Crippen molar-refractivity contribution in [1.29, 1.82) is 0 Å². The standard InChI is InChI=1S/C24H30Si/c1-17(2)24-20(5)18(3)19(4)23(24)16-25(21-12-8-6-9-13-21)22-14-10-7-11-15-22/h6-15,17,23,25H,16H2,1-5H3. The van der Waals surface area contributed by atoms with E-state index in [-0.39, 0.29) is 0 Å². The van der Waals surface area contributed by atoms with Crippen molar-refractivity contribution >= 4 is 19.2 Å². The average molecular weight is 347 g/mol. The Bertz CT molecular complexity index is 742. The first kappa shape index (κ1) is 17.9. The molecule has 1 aliphatic carbocycles. The molecule has 1 atom stereocenters. The van der Waals surface area contributed by atoms with Gasteiger partial charge in [-0.1, -0.05) is 96.0 Å². The van der Waals surface area contributed by atoms with E-state index in [1.807, 2.05) is 0 Å². The van der Waals surface area contributed by atoms with Gasteiger partial charge in [-0.3, -0.25) is 0 Å². The fourth-order valence-corrected chi connectivity index (χ4v) is 7.86. The van der Waals surface area contributed by atoms with Gasteiger partial charge in [-0.05, 0) is 49.8 Å². The van der Waals surface area contributed by atoms with E-state index in [4.69, 9.17) is 0 Å². The SMILES string of the molecule is CC1=C(C)C(C[SiH](c2ccccc2)c2ccccc2)C(C(C)C)=C1C. The molecule has 2 aromatic carbocycles. The molecule has 3 rings (SSSR count). The fraction of sp³-hybridized carbons (Fsp3) is 0.333. The first-order chi connectivity index (χ1) is 12.0. The van der Waals surface area contributed by atoms with Gasteiger partial charge in [0, 0.05) is 0 Å². The van der Waals surface area contributed by atoms with Crippen molar-refractivity contribution < 1.29 is 0 Å². The van der Waals surface area contributed by atoms with E-state index in [1.165, 1.54) is 11.6 Å². The lowest BCUT2D eigenvalue weighted by Gasteiger charge is -2.26. The molecule has 25 heavy (non-hydrogen) atoms. The molecule has 0 saturated carbocycles. The summed E-state index contributed by atoms with van der Waals surface area (Å²) < 4.78 is 0. The molecule has 130 valence electrons. The van der Waals surface area contributed by atoms with Gasteiger partial charge in [0.2, 0.25) is 0 Å². The summed E-state index contributed by atoms with van der Waals surface area (Å²) in [4.78, 5) is 0. The van der Waals surface area contributed by atoms with E-state index in [9.17, 15) is 0 Å². The zero-order chi connectivity index (χ0) is 18.0. The minimum Gasteiger partial charge on any atom is -0.0632 e. The van der Waals surface area contributed by atoms with Crippen molar-refractivity contribution in [3.63, 3.8) is 0 Å². The van der Waals surface area contributed by atoms with Crippen LogP contribution in [0.1, 0.15) is 34.6 Å². The normalized spacial score (nSPS) is 18.0. The average Bonchev–Trinajstić information content (AvgIpc) is 2.85. The quantitative estimate of drug-likeness (QED) is 0.671.